The number of aromatic nitrogens is 2. The second-order valence-electron chi connectivity index (χ2n) is 16.2. The minimum atomic E-state index is -4.33. The minimum absolute atomic E-state index is 0. The molecule has 4 aromatic rings. The molecule has 0 spiro atoms. The van der Waals surface area contributed by atoms with Crippen LogP contribution in [-0.2, 0) is 32.7 Å². The van der Waals surface area contributed by atoms with Gasteiger partial charge in [-0.3, -0.25) is 0 Å². The number of benzene rings is 2. The van der Waals surface area contributed by atoms with Gasteiger partial charge in [-0.2, -0.15) is 13.2 Å². The maximum absolute atomic E-state index is 12.5. The van der Waals surface area contributed by atoms with Crippen LogP contribution in [0.25, 0.3) is 22.5 Å². The van der Waals surface area contributed by atoms with E-state index < -0.39 is 27.9 Å². The third-order valence-corrected chi connectivity index (χ3v) is 14.8. The molecule has 4 saturated carbocycles. The van der Waals surface area contributed by atoms with Crippen LogP contribution in [0.15, 0.2) is 73.1 Å². The summed E-state index contributed by atoms with van der Waals surface area (Å²) < 4.78 is 37.4. The van der Waals surface area contributed by atoms with E-state index in [1.807, 2.05) is 30.5 Å². The average Bonchev–Trinajstić information content (AvgIpc) is 3.02. The molecule has 2 aromatic heterocycles. The second-order valence-corrected chi connectivity index (χ2v) is 26.3. The number of alkyl halides is 3. The number of nitrogens with zero attached hydrogens (tertiary/aromatic N) is 2. The van der Waals surface area contributed by atoms with Crippen molar-refractivity contribution in [1.82, 2.24) is 9.97 Å². The van der Waals surface area contributed by atoms with Gasteiger partial charge in [0.05, 0.1) is 16.1 Å². The number of hydrogen-bond acceptors (Lipinski definition) is 2. The van der Waals surface area contributed by atoms with E-state index >= 15 is 0 Å². The van der Waals surface area contributed by atoms with Gasteiger partial charge in [-0.25, -0.2) is 0 Å². The molecular formula is C40H47F3IrN2Si2-2. The van der Waals surface area contributed by atoms with Crippen LogP contribution in [-0.4, -0.2) is 26.1 Å². The van der Waals surface area contributed by atoms with Gasteiger partial charge >= 0.3 is 6.18 Å². The molecule has 4 bridgehead atoms. The summed E-state index contributed by atoms with van der Waals surface area (Å²) in [6.07, 6.45) is 8.61. The van der Waals surface area contributed by atoms with Crippen molar-refractivity contribution in [2.24, 2.45) is 29.6 Å². The van der Waals surface area contributed by atoms with Crippen LogP contribution in [0, 0.1) is 41.7 Å². The molecule has 4 aliphatic carbocycles. The van der Waals surface area contributed by atoms with Gasteiger partial charge in [-0.05, 0) is 95.4 Å². The van der Waals surface area contributed by atoms with E-state index in [2.05, 4.69) is 80.8 Å². The van der Waals surface area contributed by atoms with Gasteiger partial charge in [0.2, 0.25) is 0 Å². The Morgan fingerprint density at radius 3 is 1.88 bits per heavy atom. The Hall–Kier alpha value is -2.39. The zero-order valence-corrected chi connectivity index (χ0v) is 33.3. The summed E-state index contributed by atoms with van der Waals surface area (Å²) in [5.74, 6) is 5.04. The fourth-order valence-electron chi connectivity index (χ4n) is 8.42. The van der Waals surface area contributed by atoms with Crippen LogP contribution >= 0.6 is 0 Å². The van der Waals surface area contributed by atoms with Crippen molar-refractivity contribution in [3.63, 3.8) is 0 Å². The number of rotatable bonds is 6. The fraction of sp³-hybridized carbons (Fsp3) is 0.450. The molecule has 0 aliphatic heterocycles. The largest absolute Gasteiger partial charge is 0.381 e. The van der Waals surface area contributed by atoms with Crippen LogP contribution in [0.5, 0.6) is 0 Å². The van der Waals surface area contributed by atoms with Gasteiger partial charge < -0.3 is 9.97 Å². The van der Waals surface area contributed by atoms with E-state index in [1.54, 1.807) is 17.2 Å². The normalized spacial score (nSPS) is 23.2. The van der Waals surface area contributed by atoms with Crippen molar-refractivity contribution in [3.8, 4) is 22.5 Å². The van der Waals surface area contributed by atoms with E-state index in [-0.39, 0.29) is 20.1 Å². The smallest absolute Gasteiger partial charge is 0.305 e. The predicted molar refractivity (Wildman–Crippen MR) is 192 cm³/mol. The Morgan fingerprint density at radius 1 is 0.729 bits per heavy atom. The second kappa shape index (κ2) is 14.5. The first-order valence-electron chi connectivity index (χ1n) is 17.2. The molecule has 257 valence electrons. The van der Waals surface area contributed by atoms with Crippen LogP contribution in [0.2, 0.25) is 39.3 Å². The zero-order chi connectivity index (χ0) is 33.6. The first kappa shape index (κ1) is 36.9. The van der Waals surface area contributed by atoms with Gasteiger partial charge in [0, 0.05) is 32.5 Å². The Labute approximate surface area is 300 Å². The fourth-order valence-corrected chi connectivity index (χ4v) is 11.0. The van der Waals surface area contributed by atoms with Gasteiger partial charge in [0.25, 0.3) is 0 Å². The van der Waals surface area contributed by atoms with E-state index in [0.717, 1.165) is 53.0 Å². The summed E-state index contributed by atoms with van der Waals surface area (Å²) in [6, 6.07) is 24.0. The maximum Gasteiger partial charge on any atom is 0.381 e. The molecule has 0 N–H and O–H groups in total. The molecule has 48 heavy (non-hydrogen) atoms. The molecule has 0 atom stereocenters. The number of pyridine rings is 2. The van der Waals surface area contributed by atoms with Gasteiger partial charge in [0.15, 0.2) is 0 Å². The molecule has 4 aliphatic rings. The maximum atomic E-state index is 12.5. The molecule has 8 rings (SSSR count). The molecule has 0 unspecified atom stereocenters. The minimum Gasteiger partial charge on any atom is -0.305 e. The van der Waals surface area contributed by atoms with Crippen molar-refractivity contribution in [2.45, 2.75) is 84.0 Å². The molecule has 0 saturated heterocycles. The first-order valence-corrected chi connectivity index (χ1v) is 24.2. The van der Waals surface area contributed by atoms with E-state index in [1.165, 1.54) is 43.4 Å². The quantitative estimate of drug-likeness (QED) is 0.143. The van der Waals surface area contributed by atoms with Crippen LogP contribution in [0.4, 0.5) is 13.2 Å². The topological polar surface area (TPSA) is 25.8 Å². The number of halogens is 3. The van der Waals surface area contributed by atoms with E-state index in [9.17, 15) is 13.2 Å². The van der Waals surface area contributed by atoms with Gasteiger partial charge in [-0.15, -0.1) is 65.7 Å². The summed E-state index contributed by atoms with van der Waals surface area (Å²) in [5.41, 5.74) is 4.36. The first-order chi connectivity index (χ1) is 22.1. The number of hydrogen-bond donors (Lipinski definition) is 0. The average molecular weight is 861 g/mol. The molecule has 0 amide bonds. The van der Waals surface area contributed by atoms with Crippen molar-refractivity contribution in [1.29, 1.82) is 0 Å². The van der Waals surface area contributed by atoms with Crippen molar-refractivity contribution >= 4 is 26.5 Å². The van der Waals surface area contributed by atoms with Gasteiger partial charge in [-0.1, -0.05) is 63.0 Å². The molecular weight excluding hydrogens is 814 g/mol. The summed E-state index contributed by atoms with van der Waals surface area (Å²) in [7, 11) is -2.81. The Morgan fingerprint density at radius 2 is 1.38 bits per heavy atom. The molecule has 4 fully saturated rings. The van der Waals surface area contributed by atoms with Crippen molar-refractivity contribution in [2.75, 3.05) is 0 Å². The summed E-state index contributed by atoms with van der Waals surface area (Å²) in [6.45, 7) is 14.1. The van der Waals surface area contributed by atoms with E-state index in [0.29, 0.717) is 11.3 Å². The van der Waals surface area contributed by atoms with Crippen LogP contribution in [0.1, 0.15) is 43.2 Å². The Kier molecular flexibility index (Phi) is 11.1. The van der Waals surface area contributed by atoms with Crippen LogP contribution in [0.3, 0.4) is 0 Å². The molecule has 1 radical (unpaired) electrons. The monoisotopic (exact) mass is 861 g/mol. The van der Waals surface area contributed by atoms with Gasteiger partial charge in [0.1, 0.15) is 0 Å². The standard InChI is InChI=1S/C25H32NSi.C15H15F3NSi.Ir/c1-27(2,3)25-16-26-24(19-7-5-4-6-8-19)15-22(25)14-23-20-10-17-9-18(12-20)13-21(23)11-17;1-20(2,3)13-8-9-14(19-10-13)11-4-6-12(7-5-11)15(16,17)18;/h4-7,15-18,20-21,23H,9-14H2,1-3H3;4,6-10H,1-3H3;/q2*-1;. The Bertz CT molecular complexity index is 1580. The van der Waals surface area contributed by atoms with E-state index in [4.69, 9.17) is 4.98 Å². The Balaban J connectivity index is 0.000000193. The van der Waals surface area contributed by atoms with Crippen LogP contribution < -0.4 is 10.4 Å². The molecule has 2 nitrogen and oxygen atoms in total. The summed E-state index contributed by atoms with van der Waals surface area (Å²) >= 11 is 0. The predicted octanol–water partition coefficient (Wildman–Crippen LogP) is 9.82. The summed E-state index contributed by atoms with van der Waals surface area (Å²) in [5, 5.41) is 2.80. The summed E-state index contributed by atoms with van der Waals surface area (Å²) in [4.78, 5) is 9.19. The third kappa shape index (κ3) is 8.48. The molecule has 2 heterocycles. The molecule has 8 heteroatoms. The third-order valence-electron chi connectivity index (χ3n) is 10.7. The molecule has 2 aromatic carbocycles. The van der Waals surface area contributed by atoms with Crippen molar-refractivity contribution < 1.29 is 33.3 Å². The zero-order valence-electron chi connectivity index (χ0n) is 28.9. The SMILES string of the molecule is C[Si](C)(C)c1ccc(-c2[c-]cc(C(F)(F)F)cc2)nc1.C[Si](C)(C)c1cnc(-c2[c-]cccc2)cc1CC1C2CC3CC(C2)CC1C3.[Ir]. The van der Waals surface area contributed by atoms with Crippen molar-refractivity contribution in [3.05, 3.63) is 96.3 Å².